The molecule has 0 spiro atoms. The van der Waals surface area contributed by atoms with Crippen LogP contribution in [0.5, 0.6) is 5.75 Å². The van der Waals surface area contributed by atoms with Gasteiger partial charge in [0.15, 0.2) is 0 Å². The van der Waals surface area contributed by atoms with E-state index in [1.165, 1.54) is 0 Å². The van der Waals surface area contributed by atoms with E-state index in [9.17, 15) is 4.79 Å². The van der Waals surface area contributed by atoms with Gasteiger partial charge >= 0.3 is 6.03 Å². The Hall–Kier alpha value is -2.46. The molecule has 2 rings (SSSR count). The number of carbonyl (C=O) groups excluding carboxylic acids is 1. The molecule has 0 saturated carbocycles. The van der Waals surface area contributed by atoms with Gasteiger partial charge in [-0.25, -0.2) is 4.79 Å². The quantitative estimate of drug-likeness (QED) is 0.845. The Morgan fingerprint density at radius 2 is 1.83 bits per heavy atom. The second-order valence-corrected chi connectivity index (χ2v) is 5.32. The molecule has 0 aliphatic rings. The molecule has 2 aromatic carbocycles. The van der Waals surface area contributed by atoms with Crippen LogP contribution in [0.4, 0.5) is 4.79 Å². The molecule has 0 atom stereocenters. The maximum Gasteiger partial charge on any atom is 0.318 e. The zero-order valence-electron chi connectivity index (χ0n) is 12.9. The fourth-order valence-corrected chi connectivity index (χ4v) is 2.08. The van der Waals surface area contributed by atoms with E-state index in [-0.39, 0.29) is 6.03 Å². The van der Waals surface area contributed by atoms with E-state index >= 15 is 0 Å². The van der Waals surface area contributed by atoms with Crippen molar-refractivity contribution in [3.63, 3.8) is 0 Å². The summed E-state index contributed by atoms with van der Waals surface area (Å²) in [5.41, 5.74) is 2.11. The minimum absolute atomic E-state index is 0.233. The molecule has 2 amide bonds. The number of benzene rings is 2. The second kappa shape index (κ2) is 8.86. The summed E-state index contributed by atoms with van der Waals surface area (Å²) in [6.07, 6.45) is 4.17. The molecule has 0 bridgehead atoms. The number of carbonyl (C=O) groups is 1. The Labute approximate surface area is 141 Å². The van der Waals surface area contributed by atoms with Crippen molar-refractivity contribution in [3.05, 3.63) is 70.9 Å². The van der Waals surface area contributed by atoms with Crippen molar-refractivity contribution < 1.29 is 9.53 Å². The van der Waals surface area contributed by atoms with Gasteiger partial charge in [0.1, 0.15) is 5.75 Å². The number of hydrogen-bond donors (Lipinski definition) is 2. The van der Waals surface area contributed by atoms with Crippen molar-refractivity contribution in [1.82, 2.24) is 10.6 Å². The van der Waals surface area contributed by atoms with Gasteiger partial charge in [-0.05, 0) is 47.9 Å². The third-order valence-electron chi connectivity index (χ3n) is 3.22. The lowest BCUT2D eigenvalue weighted by atomic mass is 10.1. The number of ether oxygens (including phenoxy) is 1. The van der Waals surface area contributed by atoms with Gasteiger partial charge in [-0.1, -0.05) is 35.9 Å². The van der Waals surface area contributed by atoms with E-state index in [1.54, 1.807) is 31.5 Å². The van der Waals surface area contributed by atoms with Crippen LogP contribution in [0, 0.1) is 0 Å². The number of rotatable bonds is 6. The number of amides is 2. The van der Waals surface area contributed by atoms with Crippen LogP contribution in [0.1, 0.15) is 11.1 Å². The Morgan fingerprint density at radius 3 is 2.48 bits per heavy atom. The highest BCUT2D eigenvalue weighted by Crippen LogP contribution is 2.11. The SMILES string of the molecule is COc1ccc(CCNC(=O)N/C=C/c2ccc(Cl)cc2)cc1. The first-order chi connectivity index (χ1) is 11.2. The third-order valence-corrected chi connectivity index (χ3v) is 3.47. The zero-order valence-corrected chi connectivity index (χ0v) is 13.6. The summed E-state index contributed by atoms with van der Waals surface area (Å²) in [7, 11) is 1.64. The molecule has 0 radical (unpaired) electrons. The first-order valence-electron chi connectivity index (χ1n) is 7.27. The zero-order chi connectivity index (χ0) is 16.5. The molecule has 0 fully saturated rings. The topological polar surface area (TPSA) is 50.4 Å². The summed E-state index contributed by atoms with van der Waals surface area (Å²) in [5, 5.41) is 6.15. The van der Waals surface area contributed by atoms with Crippen LogP contribution in [0.3, 0.4) is 0 Å². The lowest BCUT2D eigenvalue weighted by molar-refractivity contribution is 0.244. The van der Waals surface area contributed by atoms with Crippen molar-refractivity contribution in [2.45, 2.75) is 6.42 Å². The number of hydrogen-bond acceptors (Lipinski definition) is 2. The van der Waals surface area contributed by atoms with E-state index < -0.39 is 0 Å². The van der Waals surface area contributed by atoms with Gasteiger partial charge in [-0.3, -0.25) is 0 Å². The minimum Gasteiger partial charge on any atom is -0.497 e. The third kappa shape index (κ3) is 6.04. The predicted molar refractivity (Wildman–Crippen MR) is 93.7 cm³/mol. The molecule has 0 unspecified atom stereocenters. The summed E-state index contributed by atoms with van der Waals surface area (Å²) >= 11 is 5.81. The molecule has 0 aromatic heterocycles. The molecule has 2 N–H and O–H groups in total. The predicted octanol–water partition coefficient (Wildman–Crippen LogP) is 3.86. The largest absolute Gasteiger partial charge is 0.497 e. The maximum absolute atomic E-state index is 11.7. The van der Waals surface area contributed by atoms with Gasteiger partial charge in [0, 0.05) is 17.8 Å². The van der Waals surface area contributed by atoms with Gasteiger partial charge in [0.25, 0.3) is 0 Å². The van der Waals surface area contributed by atoms with Crippen LogP contribution < -0.4 is 15.4 Å². The van der Waals surface area contributed by atoms with Gasteiger partial charge in [-0.15, -0.1) is 0 Å². The average Bonchev–Trinajstić information content (AvgIpc) is 2.57. The smallest absolute Gasteiger partial charge is 0.318 e. The summed E-state index contributed by atoms with van der Waals surface area (Å²) < 4.78 is 5.10. The maximum atomic E-state index is 11.7. The number of urea groups is 1. The molecule has 2 aromatic rings. The Bertz CT molecular complexity index is 652. The highest BCUT2D eigenvalue weighted by molar-refractivity contribution is 6.30. The highest BCUT2D eigenvalue weighted by atomic mass is 35.5. The van der Waals surface area contributed by atoms with Crippen molar-refractivity contribution >= 4 is 23.7 Å². The first-order valence-corrected chi connectivity index (χ1v) is 7.64. The van der Waals surface area contributed by atoms with Crippen molar-refractivity contribution in [1.29, 1.82) is 0 Å². The van der Waals surface area contributed by atoms with Gasteiger partial charge in [0.2, 0.25) is 0 Å². The van der Waals surface area contributed by atoms with Crippen LogP contribution in [-0.2, 0) is 6.42 Å². The summed E-state index contributed by atoms with van der Waals surface area (Å²) in [6, 6.07) is 14.9. The lowest BCUT2D eigenvalue weighted by Crippen LogP contribution is -2.33. The highest BCUT2D eigenvalue weighted by Gasteiger charge is 1.98. The first kappa shape index (κ1) is 16.9. The van der Waals surface area contributed by atoms with E-state index in [0.717, 1.165) is 23.3 Å². The number of methoxy groups -OCH3 is 1. The van der Waals surface area contributed by atoms with E-state index in [4.69, 9.17) is 16.3 Å². The Kier molecular flexibility index (Phi) is 6.51. The monoisotopic (exact) mass is 330 g/mol. The molecule has 0 aliphatic heterocycles. The molecular formula is C18H19ClN2O2. The molecular weight excluding hydrogens is 312 g/mol. The number of halogens is 1. The molecule has 4 nitrogen and oxygen atoms in total. The Balaban J connectivity index is 1.69. The van der Waals surface area contributed by atoms with Crippen molar-refractivity contribution in [2.75, 3.05) is 13.7 Å². The lowest BCUT2D eigenvalue weighted by Gasteiger charge is -2.06. The molecule has 0 heterocycles. The van der Waals surface area contributed by atoms with Crippen molar-refractivity contribution in [2.24, 2.45) is 0 Å². The average molecular weight is 331 g/mol. The van der Waals surface area contributed by atoms with E-state index in [2.05, 4.69) is 10.6 Å². The van der Waals surface area contributed by atoms with Crippen LogP contribution in [0.15, 0.2) is 54.7 Å². The summed E-state index contributed by atoms with van der Waals surface area (Å²) in [4.78, 5) is 11.7. The molecule has 23 heavy (non-hydrogen) atoms. The molecule has 120 valence electrons. The summed E-state index contributed by atoms with van der Waals surface area (Å²) in [6.45, 7) is 0.562. The molecule has 0 saturated heterocycles. The Morgan fingerprint density at radius 1 is 1.13 bits per heavy atom. The minimum atomic E-state index is -0.233. The van der Waals surface area contributed by atoms with Crippen molar-refractivity contribution in [3.8, 4) is 5.75 Å². The van der Waals surface area contributed by atoms with Gasteiger partial charge in [0.05, 0.1) is 7.11 Å². The van der Waals surface area contributed by atoms with Crippen LogP contribution in [0.25, 0.3) is 6.08 Å². The number of nitrogens with one attached hydrogen (secondary N) is 2. The van der Waals surface area contributed by atoms with Gasteiger partial charge in [-0.2, -0.15) is 0 Å². The van der Waals surface area contributed by atoms with Crippen LogP contribution in [-0.4, -0.2) is 19.7 Å². The van der Waals surface area contributed by atoms with Gasteiger partial charge < -0.3 is 15.4 Å². The van der Waals surface area contributed by atoms with E-state index in [0.29, 0.717) is 11.6 Å². The summed E-state index contributed by atoms with van der Waals surface area (Å²) in [5.74, 6) is 0.826. The molecule has 0 aliphatic carbocycles. The van der Waals surface area contributed by atoms with Crippen LogP contribution in [0.2, 0.25) is 5.02 Å². The standard InChI is InChI=1S/C18H19ClN2O2/c1-23-17-8-4-15(5-9-17)11-13-21-18(22)20-12-10-14-2-6-16(19)7-3-14/h2-10,12H,11,13H2,1H3,(H2,20,21,22)/b12-10+. The second-order valence-electron chi connectivity index (χ2n) is 4.88. The fourth-order valence-electron chi connectivity index (χ4n) is 1.95. The molecule has 5 heteroatoms. The normalized spacial score (nSPS) is 10.5. The van der Waals surface area contributed by atoms with E-state index in [1.807, 2.05) is 36.4 Å². The fraction of sp³-hybridized carbons (Fsp3) is 0.167. The van der Waals surface area contributed by atoms with Crippen LogP contribution >= 0.6 is 11.6 Å².